The molecule has 0 saturated carbocycles. The summed E-state index contributed by atoms with van der Waals surface area (Å²) < 4.78 is 11.1. The van der Waals surface area contributed by atoms with Gasteiger partial charge in [0, 0.05) is 6.54 Å². The summed E-state index contributed by atoms with van der Waals surface area (Å²) >= 11 is 3.31. The molecule has 5 heteroatoms. The quantitative estimate of drug-likeness (QED) is 0.881. The fourth-order valence-corrected chi connectivity index (χ4v) is 2.28. The van der Waals surface area contributed by atoms with Crippen LogP contribution in [0.1, 0.15) is 24.3 Å². The molecule has 19 heavy (non-hydrogen) atoms. The summed E-state index contributed by atoms with van der Waals surface area (Å²) in [5.41, 5.74) is 1.01. The zero-order valence-corrected chi connectivity index (χ0v) is 12.4. The zero-order valence-electron chi connectivity index (χ0n) is 10.8. The lowest BCUT2D eigenvalue weighted by Gasteiger charge is -2.13. The molecule has 0 unspecified atom stereocenters. The van der Waals surface area contributed by atoms with E-state index in [4.69, 9.17) is 9.15 Å². The molecule has 0 aliphatic heterocycles. The molecule has 0 radical (unpaired) electrons. The van der Waals surface area contributed by atoms with Gasteiger partial charge in [-0.05, 0) is 52.7 Å². The molecule has 2 aromatic rings. The summed E-state index contributed by atoms with van der Waals surface area (Å²) in [5.74, 6) is 1.46. The zero-order chi connectivity index (χ0) is 13.8. The number of ether oxygens (including phenoxy) is 1. The Morgan fingerprint density at radius 1 is 1.47 bits per heavy atom. The number of nitrogens with one attached hydrogen (secondary N) is 1. The van der Waals surface area contributed by atoms with E-state index in [1.165, 1.54) is 7.11 Å². The van der Waals surface area contributed by atoms with Crippen LogP contribution < -0.4 is 10.1 Å². The summed E-state index contributed by atoms with van der Waals surface area (Å²) in [5, 5.41) is 13.1. The molecule has 102 valence electrons. The van der Waals surface area contributed by atoms with E-state index < -0.39 is 0 Å². The van der Waals surface area contributed by atoms with E-state index in [0.29, 0.717) is 16.8 Å². The van der Waals surface area contributed by atoms with Gasteiger partial charge in [-0.15, -0.1) is 0 Å². The van der Waals surface area contributed by atoms with Crippen molar-refractivity contribution in [3.8, 4) is 11.5 Å². The summed E-state index contributed by atoms with van der Waals surface area (Å²) in [6.07, 6.45) is 1.66. The molecule has 0 spiro atoms. The Morgan fingerprint density at radius 3 is 2.89 bits per heavy atom. The lowest BCUT2D eigenvalue weighted by Crippen LogP contribution is -2.17. The standard InChI is InChI=1S/C14H16BrNO3/c1-9(12-4-3-5-19-12)16-8-10-6-11(15)14(17)13(7-10)18-2/h3-7,9,16-17H,8H2,1-2H3/t9-/m0/s1. The highest BCUT2D eigenvalue weighted by Crippen LogP contribution is 2.35. The van der Waals surface area contributed by atoms with Gasteiger partial charge in [0.1, 0.15) is 5.76 Å². The van der Waals surface area contributed by atoms with Crippen molar-refractivity contribution in [2.75, 3.05) is 7.11 Å². The van der Waals surface area contributed by atoms with Crippen LogP contribution in [0.2, 0.25) is 0 Å². The highest BCUT2D eigenvalue weighted by Gasteiger charge is 2.11. The first-order valence-electron chi connectivity index (χ1n) is 5.94. The number of benzene rings is 1. The molecule has 0 saturated heterocycles. The van der Waals surface area contributed by atoms with Crippen LogP contribution in [0.25, 0.3) is 0 Å². The van der Waals surface area contributed by atoms with Crippen molar-refractivity contribution in [1.82, 2.24) is 5.32 Å². The second kappa shape index (κ2) is 6.12. The Hall–Kier alpha value is -1.46. The molecule has 1 heterocycles. The van der Waals surface area contributed by atoms with Gasteiger partial charge < -0.3 is 19.6 Å². The lowest BCUT2D eigenvalue weighted by atomic mass is 10.1. The highest BCUT2D eigenvalue weighted by atomic mass is 79.9. The number of hydrogen-bond acceptors (Lipinski definition) is 4. The van der Waals surface area contributed by atoms with Crippen LogP contribution in [-0.4, -0.2) is 12.2 Å². The molecule has 0 amide bonds. The second-order valence-electron chi connectivity index (χ2n) is 4.25. The Balaban J connectivity index is 2.05. The predicted molar refractivity (Wildman–Crippen MR) is 76.3 cm³/mol. The molecule has 4 nitrogen and oxygen atoms in total. The van der Waals surface area contributed by atoms with Crippen LogP contribution >= 0.6 is 15.9 Å². The Kier molecular flexibility index (Phi) is 4.50. The highest BCUT2D eigenvalue weighted by molar-refractivity contribution is 9.10. The molecule has 0 bridgehead atoms. The van der Waals surface area contributed by atoms with Gasteiger partial charge in [0.2, 0.25) is 0 Å². The van der Waals surface area contributed by atoms with Gasteiger partial charge in [-0.3, -0.25) is 0 Å². The number of hydrogen-bond donors (Lipinski definition) is 2. The fourth-order valence-electron chi connectivity index (χ4n) is 1.79. The first-order chi connectivity index (χ1) is 9.11. The van der Waals surface area contributed by atoms with Crippen molar-refractivity contribution >= 4 is 15.9 Å². The first kappa shape index (κ1) is 14.0. The molecule has 1 aromatic heterocycles. The number of phenols is 1. The van der Waals surface area contributed by atoms with Crippen molar-refractivity contribution in [1.29, 1.82) is 0 Å². The van der Waals surface area contributed by atoms with Crippen LogP contribution in [0.15, 0.2) is 39.4 Å². The maximum atomic E-state index is 9.74. The Bertz CT molecular complexity index is 540. The molecule has 2 rings (SSSR count). The van der Waals surface area contributed by atoms with Gasteiger partial charge in [-0.25, -0.2) is 0 Å². The van der Waals surface area contributed by atoms with E-state index in [0.717, 1.165) is 11.3 Å². The molecule has 0 aliphatic carbocycles. The van der Waals surface area contributed by atoms with Crippen LogP contribution in [0.3, 0.4) is 0 Å². The van der Waals surface area contributed by atoms with E-state index in [1.807, 2.05) is 31.2 Å². The molecular formula is C14H16BrNO3. The van der Waals surface area contributed by atoms with Crippen LogP contribution in [0.5, 0.6) is 11.5 Å². The SMILES string of the molecule is COc1cc(CN[C@@H](C)c2ccco2)cc(Br)c1O. The van der Waals surface area contributed by atoms with Gasteiger partial charge in [0.15, 0.2) is 11.5 Å². The number of rotatable bonds is 5. The van der Waals surface area contributed by atoms with E-state index in [9.17, 15) is 5.11 Å². The second-order valence-corrected chi connectivity index (χ2v) is 5.10. The van der Waals surface area contributed by atoms with Crippen LogP contribution in [0.4, 0.5) is 0 Å². The summed E-state index contributed by atoms with van der Waals surface area (Å²) in [4.78, 5) is 0. The van der Waals surface area contributed by atoms with Crippen molar-refractivity contribution in [2.45, 2.75) is 19.5 Å². The predicted octanol–water partition coefficient (Wildman–Crippen LogP) is 3.61. The lowest BCUT2D eigenvalue weighted by molar-refractivity contribution is 0.370. The third kappa shape index (κ3) is 3.30. The van der Waals surface area contributed by atoms with Crippen LogP contribution in [0, 0.1) is 0 Å². The van der Waals surface area contributed by atoms with Crippen molar-refractivity contribution in [2.24, 2.45) is 0 Å². The van der Waals surface area contributed by atoms with Crippen LogP contribution in [-0.2, 0) is 6.54 Å². The Morgan fingerprint density at radius 2 is 2.26 bits per heavy atom. The number of halogens is 1. The number of phenolic OH excluding ortho intramolecular Hbond substituents is 1. The van der Waals surface area contributed by atoms with Crippen molar-refractivity contribution in [3.63, 3.8) is 0 Å². The monoisotopic (exact) mass is 325 g/mol. The molecular weight excluding hydrogens is 310 g/mol. The molecule has 1 atom stereocenters. The summed E-state index contributed by atoms with van der Waals surface area (Å²) in [6.45, 7) is 2.68. The molecule has 0 aliphatic rings. The van der Waals surface area contributed by atoms with Gasteiger partial charge >= 0.3 is 0 Å². The average molecular weight is 326 g/mol. The van der Waals surface area contributed by atoms with Crippen molar-refractivity contribution in [3.05, 3.63) is 46.3 Å². The topological polar surface area (TPSA) is 54.6 Å². The average Bonchev–Trinajstić information content (AvgIpc) is 2.93. The third-order valence-corrected chi connectivity index (χ3v) is 3.49. The number of methoxy groups -OCH3 is 1. The minimum atomic E-state index is 0.116. The first-order valence-corrected chi connectivity index (χ1v) is 6.73. The smallest absolute Gasteiger partial charge is 0.172 e. The normalized spacial score (nSPS) is 12.4. The largest absolute Gasteiger partial charge is 0.503 e. The fraction of sp³-hybridized carbons (Fsp3) is 0.286. The van der Waals surface area contributed by atoms with E-state index in [2.05, 4.69) is 21.2 Å². The maximum absolute atomic E-state index is 9.74. The minimum absolute atomic E-state index is 0.116. The molecule has 1 aromatic carbocycles. The van der Waals surface area contributed by atoms with E-state index in [1.54, 1.807) is 6.26 Å². The van der Waals surface area contributed by atoms with Gasteiger partial charge in [0.25, 0.3) is 0 Å². The van der Waals surface area contributed by atoms with E-state index >= 15 is 0 Å². The number of furan rings is 1. The molecule has 0 fully saturated rings. The maximum Gasteiger partial charge on any atom is 0.172 e. The molecule has 2 N–H and O–H groups in total. The third-order valence-electron chi connectivity index (χ3n) is 2.89. The van der Waals surface area contributed by atoms with E-state index in [-0.39, 0.29) is 11.8 Å². The number of aromatic hydroxyl groups is 1. The summed E-state index contributed by atoms with van der Waals surface area (Å²) in [6, 6.07) is 7.59. The van der Waals surface area contributed by atoms with Gasteiger partial charge in [0.05, 0.1) is 23.9 Å². The van der Waals surface area contributed by atoms with Gasteiger partial charge in [-0.2, -0.15) is 0 Å². The van der Waals surface area contributed by atoms with Crippen molar-refractivity contribution < 1.29 is 14.3 Å². The minimum Gasteiger partial charge on any atom is -0.503 e. The summed E-state index contributed by atoms with van der Waals surface area (Å²) in [7, 11) is 1.53. The Labute approximate surface area is 120 Å². The van der Waals surface area contributed by atoms with Gasteiger partial charge in [-0.1, -0.05) is 0 Å².